The number of carbonyl (C=O) groups excluding carboxylic acids is 2. The molecule has 0 aliphatic heterocycles. The third kappa shape index (κ3) is 5.94. The van der Waals surface area contributed by atoms with Crippen molar-refractivity contribution in [2.24, 2.45) is 0 Å². The van der Waals surface area contributed by atoms with Crippen LogP contribution in [0.2, 0.25) is 0 Å². The molecule has 1 saturated carbocycles. The molecule has 30 heavy (non-hydrogen) atoms. The molecule has 0 saturated heterocycles. The van der Waals surface area contributed by atoms with Crippen LogP contribution in [0, 0.1) is 0 Å². The Morgan fingerprint density at radius 3 is 2.07 bits per heavy atom. The molecular weight excluding hydrogens is 404 g/mol. The van der Waals surface area contributed by atoms with Crippen LogP contribution in [-0.2, 0) is 32.2 Å². The molecule has 0 unspecified atom stereocenters. The first-order valence-corrected chi connectivity index (χ1v) is 12.2. The highest BCUT2D eigenvalue weighted by Gasteiger charge is 2.30. The molecule has 160 valence electrons. The van der Waals surface area contributed by atoms with Crippen molar-refractivity contribution in [3.8, 4) is 0 Å². The first-order valence-electron chi connectivity index (χ1n) is 10.6. The summed E-state index contributed by atoms with van der Waals surface area (Å²) in [5.41, 5.74) is 3.66. The van der Waals surface area contributed by atoms with Gasteiger partial charge in [0.25, 0.3) is 10.1 Å². The highest BCUT2D eigenvalue weighted by molar-refractivity contribution is 7.85. The predicted molar refractivity (Wildman–Crippen MR) is 126 cm³/mol. The van der Waals surface area contributed by atoms with Gasteiger partial charge in [0.15, 0.2) is 0 Å². The molecule has 7 nitrogen and oxygen atoms in total. The lowest BCUT2D eigenvalue weighted by atomic mass is 9.68. The van der Waals surface area contributed by atoms with E-state index in [9.17, 15) is 18.0 Å². The second-order valence-corrected chi connectivity index (χ2v) is 9.32. The van der Waals surface area contributed by atoms with Gasteiger partial charge in [-0.05, 0) is 31.2 Å². The fraction of sp³-hybridized carbons (Fsp3) is 0.556. The molecular formula is C18H28B4O7S. The molecule has 0 bridgehead atoms. The molecule has 2 rings (SSSR count). The Morgan fingerprint density at radius 2 is 1.53 bits per heavy atom. The minimum absolute atomic E-state index is 0.140. The van der Waals surface area contributed by atoms with Crippen LogP contribution >= 0.6 is 0 Å². The van der Waals surface area contributed by atoms with Crippen molar-refractivity contribution in [2.45, 2.75) is 50.8 Å². The summed E-state index contributed by atoms with van der Waals surface area (Å²) in [7, 11) is 3.34. The van der Waals surface area contributed by atoms with E-state index in [1.807, 2.05) is 23.5 Å². The Balaban J connectivity index is 2.48. The topological polar surface area (TPSA) is 107 Å². The zero-order valence-corrected chi connectivity index (χ0v) is 19.1. The number of benzene rings is 1. The van der Waals surface area contributed by atoms with Crippen LogP contribution in [0.25, 0.3) is 0 Å². The van der Waals surface area contributed by atoms with Crippen LogP contribution in [0.4, 0.5) is 0 Å². The molecule has 0 heterocycles. The van der Waals surface area contributed by atoms with Crippen LogP contribution in [0.3, 0.4) is 0 Å². The van der Waals surface area contributed by atoms with Gasteiger partial charge < -0.3 is 9.47 Å². The van der Waals surface area contributed by atoms with Gasteiger partial charge in [-0.3, -0.25) is 4.55 Å². The number of hydrogen-bond acceptors (Lipinski definition) is 6. The molecule has 1 N–H and O–H groups in total. The number of hydrogen-bond donors (Lipinski definition) is 1. The molecule has 12 heteroatoms. The summed E-state index contributed by atoms with van der Waals surface area (Å²) < 4.78 is 41.7. The highest BCUT2D eigenvalue weighted by atomic mass is 32.2. The van der Waals surface area contributed by atoms with E-state index in [0.29, 0.717) is 23.7 Å². The quantitative estimate of drug-likeness (QED) is 0.266. The van der Waals surface area contributed by atoms with Crippen molar-refractivity contribution in [3.63, 3.8) is 0 Å². The molecule has 1 aliphatic carbocycles. The summed E-state index contributed by atoms with van der Waals surface area (Å²) in [4.78, 5) is 26.1. The number of carbonyl (C=O) groups is 2. The fourth-order valence-electron chi connectivity index (χ4n) is 4.30. The van der Waals surface area contributed by atoms with Crippen LogP contribution in [0.5, 0.6) is 0 Å². The second kappa shape index (κ2) is 10.6. The first kappa shape index (κ1) is 24.6. The SMILES string of the molecule is BCc1c(B)c(CB)c(C(=O)OCCS(=O)(=O)O)c(C(=O)OC2CCCCC2)c1B. The number of ether oxygens (including phenoxy) is 2. The summed E-state index contributed by atoms with van der Waals surface area (Å²) in [5.74, 6) is -2.02. The van der Waals surface area contributed by atoms with Gasteiger partial charge in [0.1, 0.15) is 49.8 Å². The van der Waals surface area contributed by atoms with Gasteiger partial charge in [-0.15, -0.1) is 0 Å². The van der Waals surface area contributed by atoms with E-state index in [4.69, 9.17) is 14.0 Å². The van der Waals surface area contributed by atoms with E-state index in [0.717, 1.165) is 43.1 Å². The maximum atomic E-state index is 13.2. The fourth-order valence-corrected chi connectivity index (χ4v) is 4.59. The summed E-state index contributed by atoms with van der Waals surface area (Å²) in [5, 5.41) is 0. The van der Waals surface area contributed by atoms with Crippen molar-refractivity contribution in [1.29, 1.82) is 0 Å². The van der Waals surface area contributed by atoms with Gasteiger partial charge in [0, 0.05) is 0 Å². The van der Waals surface area contributed by atoms with E-state index in [-0.39, 0.29) is 17.2 Å². The molecule has 0 atom stereocenters. The van der Waals surface area contributed by atoms with E-state index in [1.165, 1.54) is 0 Å². The van der Waals surface area contributed by atoms with Crippen LogP contribution < -0.4 is 10.9 Å². The third-order valence-corrected chi connectivity index (χ3v) is 6.48. The molecule has 0 spiro atoms. The van der Waals surface area contributed by atoms with Crippen molar-refractivity contribution >= 4 is 64.4 Å². The van der Waals surface area contributed by atoms with Crippen LogP contribution in [0.15, 0.2) is 0 Å². The number of rotatable bonds is 8. The van der Waals surface area contributed by atoms with Crippen molar-refractivity contribution in [1.82, 2.24) is 0 Å². The Hall–Kier alpha value is -1.67. The van der Waals surface area contributed by atoms with Gasteiger partial charge in [-0.2, -0.15) is 8.42 Å². The van der Waals surface area contributed by atoms with Crippen molar-refractivity contribution in [3.05, 3.63) is 22.3 Å². The molecule has 1 aliphatic rings. The summed E-state index contributed by atoms with van der Waals surface area (Å²) in [6.45, 7) is -0.494. The summed E-state index contributed by atoms with van der Waals surface area (Å²) in [6, 6.07) is 0. The van der Waals surface area contributed by atoms with E-state index in [2.05, 4.69) is 0 Å². The Morgan fingerprint density at radius 1 is 0.933 bits per heavy atom. The standard InChI is InChI=1S/C18H28B4O7S/c19-8-11-13(17(23)28-6-7-30(25,26)27)14(16(22)12(9-20)15(11)21)18(24)29-10-4-2-1-3-5-10/h10H,1-9,19-22H2,(H,25,26,27). The zero-order chi connectivity index (χ0) is 22.5. The van der Waals surface area contributed by atoms with Gasteiger partial charge in [0.2, 0.25) is 0 Å². The van der Waals surface area contributed by atoms with E-state index in [1.54, 1.807) is 7.85 Å². The first-order chi connectivity index (χ1) is 14.1. The van der Waals surface area contributed by atoms with E-state index < -0.39 is 34.4 Å². The largest absolute Gasteiger partial charge is 0.461 e. The minimum Gasteiger partial charge on any atom is -0.461 e. The summed E-state index contributed by atoms with van der Waals surface area (Å²) >= 11 is 0. The minimum atomic E-state index is -4.26. The molecule has 0 radical (unpaired) electrons. The van der Waals surface area contributed by atoms with Gasteiger partial charge in [-0.1, -0.05) is 35.6 Å². The van der Waals surface area contributed by atoms with E-state index >= 15 is 0 Å². The smallest absolute Gasteiger partial charge is 0.339 e. The van der Waals surface area contributed by atoms with Crippen molar-refractivity contribution in [2.75, 3.05) is 12.4 Å². The molecule has 0 amide bonds. The lowest BCUT2D eigenvalue weighted by molar-refractivity contribution is 0.0205. The van der Waals surface area contributed by atoms with Crippen LogP contribution in [-0.4, -0.2) is 74.8 Å². The van der Waals surface area contributed by atoms with Crippen LogP contribution in [0.1, 0.15) is 63.9 Å². The predicted octanol–water partition coefficient (Wildman–Crippen LogP) is -3.00. The molecule has 0 aromatic heterocycles. The lowest BCUT2D eigenvalue weighted by Crippen LogP contribution is -2.37. The molecule has 1 aromatic carbocycles. The Bertz CT molecular complexity index is 912. The maximum Gasteiger partial charge on any atom is 0.339 e. The van der Waals surface area contributed by atoms with Crippen molar-refractivity contribution < 1.29 is 32.0 Å². The summed E-state index contributed by atoms with van der Waals surface area (Å²) in [6.07, 6.45) is 5.82. The molecule has 1 aromatic rings. The third-order valence-electron chi connectivity index (χ3n) is 5.80. The van der Waals surface area contributed by atoms with Gasteiger partial charge >= 0.3 is 11.9 Å². The Kier molecular flexibility index (Phi) is 8.67. The molecule has 1 fully saturated rings. The monoisotopic (exact) mass is 432 g/mol. The lowest BCUT2D eigenvalue weighted by Gasteiger charge is -2.25. The highest BCUT2D eigenvalue weighted by Crippen LogP contribution is 2.23. The normalized spacial score (nSPS) is 15.0. The van der Waals surface area contributed by atoms with Gasteiger partial charge in [-0.25, -0.2) is 9.59 Å². The number of esters is 2. The van der Waals surface area contributed by atoms with Gasteiger partial charge in [0.05, 0.1) is 11.1 Å². The maximum absolute atomic E-state index is 13.2. The average Bonchev–Trinajstić information content (AvgIpc) is 2.67. The Labute approximate surface area is 182 Å². The second-order valence-electron chi connectivity index (χ2n) is 7.75. The zero-order valence-electron chi connectivity index (χ0n) is 18.2. The average molecular weight is 432 g/mol.